The van der Waals surface area contributed by atoms with E-state index in [1.807, 2.05) is 24.3 Å². The smallest absolute Gasteiger partial charge is 0.254 e. The first-order valence-corrected chi connectivity index (χ1v) is 7.13. The van der Waals surface area contributed by atoms with Gasteiger partial charge < -0.3 is 10.4 Å². The largest absolute Gasteiger partial charge is 0.508 e. The Hall–Kier alpha value is -1.88. The number of hydrogen-bond donors (Lipinski definition) is 2. The molecule has 3 nitrogen and oxygen atoms in total. The minimum Gasteiger partial charge on any atom is -0.508 e. The lowest BCUT2D eigenvalue weighted by atomic mass is 10.1. The maximum absolute atomic E-state index is 13.5. The number of aromatic hydroxyl groups is 1. The zero-order valence-electron chi connectivity index (χ0n) is 10.6. The molecular weight excluding hydrogens is 325 g/mol. The molecule has 2 aromatic carbocycles. The van der Waals surface area contributed by atoms with Crippen molar-refractivity contribution >= 4 is 21.8 Å². The van der Waals surface area contributed by atoms with Crippen molar-refractivity contribution in [3.8, 4) is 5.75 Å². The average Bonchev–Trinajstić information content (AvgIpc) is 2.45. The molecule has 20 heavy (non-hydrogen) atoms. The van der Waals surface area contributed by atoms with Crippen LogP contribution < -0.4 is 5.32 Å². The Morgan fingerprint density at radius 3 is 2.40 bits per heavy atom. The Balaban J connectivity index is 2.00. The first-order valence-electron chi connectivity index (χ1n) is 6.00. The number of amides is 1. The molecule has 0 unspecified atom stereocenters. The van der Waals surface area contributed by atoms with Gasteiger partial charge in [-0.25, -0.2) is 4.39 Å². The van der Waals surface area contributed by atoms with Gasteiger partial charge in [0, 0.05) is 17.9 Å². The molecule has 104 valence electrons. The fraction of sp³-hybridized carbons (Fsp3) is 0.133. The molecule has 0 saturated heterocycles. The van der Waals surface area contributed by atoms with E-state index in [1.54, 1.807) is 0 Å². The van der Waals surface area contributed by atoms with Gasteiger partial charge >= 0.3 is 0 Å². The molecule has 2 aromatic rings. The van der Waals surface area contributed by atoms with Crippen LogP contribution in [0.25, 0.3) is 0 Å². The van der Waals surface area contributed by atoms with Gasteiger partial charge in [-0.3, -0.25) is 4.79 Å². The fourth-order valence-corrected chi connectivity index (χ4v) is 2.09. The summed E-state index contributed by atoms with van der Waals surface area (Å²) in [4.78, 5) is 11.8. The number of hydrogen-bond acceptors (Lipinski definition) is 2. The second-order valence-corrected chi connectivity index (χ2v) is 4.86. The summed E-state index contributed by atoms with van der Waals surface area (Å²) < 4.78 is 13.5. The van der Waals surface area contributed by atoms with Crippen LogP contribution >= 0.6 is 15.9 Å². The van der Waals surface area contributed by atoms with Crippen molar-refractivity contribution in [2.24, 2.45) is 0 Å². The summed E-state index contributed by atoms with van der Waals surface area (Å²) in [5, 5.41) is 12.5. The zero-order chi connectivity index (χ0) is 14.5. The van der Waals surface area contributed by atoms with Crippen LogP contribution in [0.5, 0.6) is 5.75 Å². The van der Waals surface area contributed by atoms with E-state index < -0.39 is 11.7 Å². The quantitative estimate of drug-likeness (QED) is 0.840. The summed E-state index contributed by atoms with van der Waals surface area (Å²) in [6.45, 7) is 0.321. The van der Waals surface area contributed by atoms with Gasteiger partial charge in [0.05, 0.1) is 5.56 Å². The maximum atomic E-state index is 13.5. The lowest BCUT2D eigenvalue weighted by molar-refractivity contribution is 0.0947. The highest BCUT2D eigenvalue weighted by Crippen LogP contribution is 2.15. The molecular formula is C15H13BrFNO2. The molecule has 2 rings (SSSR count). The Morgan fingerprint density at radius 2 is 1.80 bits per heavy atom. The van der Waals surface area contributed by atoms with Crippen LogP contribution in [0.4, 0.5) is 4.39 Å². The van der Waals surface area contributed by atoms with E-state index in [0.717, 1.165) is 22.5 Å². The first kappa shape index (κ1) is 14.5. The van der Waals surface area contributed by atoms with Gasteiger partial charge in [-0.1, -0.05) is 40.2 Å². The normalized spacial score (nSPS) is 10.3. The summed E-state index contributed by atoms with van der Waals surface area (Å²) in [7, 11) is 0. The molecule has 5 heteroatoms. The Kier molecular flexibility index (Phi) is 4.74. The van der Waals surface area contributed by atoms with Crippen molar-refractivity contribution < 1.29 is 14.3 Å². The second-order valence-electron chi connectivity index (χ2n) is 4.30. The van der Waals surface area contributed by atoms with Crippen LogP contribution in [0.1, 0.15) is 21.5 Å². The summed E-state index contributed by atoms with van der Waals surface area (Å²) in [5.41, 5.74) is 1.99. The van der Waals surface area contributed by atoms with Crippen molar-refractivity contribution in [3.05, 3.63) is 65.0 Å². The number of phenols is 1. The summed E-state index contributed by atoms with van der Waals surface area (Å²) in [6, 6.07) is 11.2. The van der Waals surface area contributed by atoms with Crippen molar-refractivity contribution in [1.29, 1.82) is 0 Å². The highest BCUT2D eigenvalue weighted by atomic mass is 79.9. The van der Waals surface area contributed by atoms with E-state index in [0.29, 0.717) is 6.54 Å². The van der Waals surface area contributed by atoms with Crippen LogP contribution in [-0.2, 0) is 11.9 Å². The standard InChI is InChI=1S/C15H13BrFNO2/c16-8-10-1-3-11(4-2-10)9-18-15(20)13-6-5-12(19)7-14(13)17/h1-7,19H,8-9H2,(H,18,20). The van der Waals surface area contributed by atoms with E-state index >= 15 is 0 Å². The van der Waals surface area contributed by atoms with Crippen LogP contribution in [0, 0.1) is 5.82 Å². The third-order valence-corrected chi connectivity index (χ3v) is 3.48. The van der Waals surface area contributed by atoms with Gasteiger partial charge in [0.2, 0.25) is 0 Å². The lowest BCUT2D eigenvalue weighted by Crippen LogP contribution is -2.23. The van der Waals surface area contributed by atoms with Crippen LogP contribution in [0.2, 0.25) is 0 Å². The van der Waals surface area contributed by atoms with Gasteiger partial charge in [0.15, 0.2) is 0 Å². The van der Waals surface area contributed by atoms with Crippen LogP contribution in [-0.4, -0.2) is 11.0 Å². The predicted octanol–water partition coefficient (Wildman–Crippen LogP) is 3.36. The van der Waals surface area contributed by atoms with E-state index in [-0.39, 0.29) is 11.3 Å². The van der Waals surface area contributed by atoms with Crippen molar-refractivity contribution in [1.82, 2.24) is 5.32 Å². The van der Waals surface area contributed by atoms with Gasteiger partial charge in [-0.15, -0.1) is 0 Å². The van der Waals surface area contributed by atoms with Gasteiger partial charge in [0.25, 0.3) is 5.91 Å². The fourth-order valence-electron chi connectivity index (χ4n) is 1.71. The molecule has 0 aliphatic carbocycles. The number of halogens is 2. The maximum Gasteiger partial charge on any atom is 0.254 e. The first-order chi connectivity index (χ1) is 9.60. The molecule has 0 bridgehead atoms. The number of carbonyl (C=O) groups excluding carboxylic acids is 1. The van der Waals surface area contributed by atoms with Gasteiger partial charge in [-0.05, 0) is 23.3 Å². The average molecular weight is 338 g/mol. The van der Waals surface area contributed by atoms with Crippen molar-refractivity contribution in [3.63, 3.8) is 0 Å². The lowest BCUT2D eigenvalue weighted by Gasteiger charge is -2.07. The Labute approximate surface area is 124 Å². The van der Waals surface area contributed by atoms with Crippen molar-refractivity contribution in [2.75, 3.05) is 0 Å². The number of carbonyl (C=O) groups is 1. The highest BCUT2D eigenvalue weighted by molar-refractivity contribution is 9.08. The number of nitrogens with one attached hydrogen (secondary N) is 1. The molecule has 0 spiro atoms. The summed E-state index contributed by atoms with van der Waals surface area (Å²) in [6.07, 6.45) is 0. The molecule has 1 amide bonds. The number of alkyl halides is 1. The van der Waals surface area contributed by atoms with Crippen LogP contribution in [0.15, 0.2) is 42.5 Å². The van der Waals surface area contributed by atoms with E-state index in [2.05, 4.69) is 21.2 Å². The monoisotopic (exact) mass is 337 g/mol. The van der Waals surface area contributed by atoms with E-state index in [4.69, 9.17) is 5.11 Å². The minimum atomic E-state index is -0.739. The molecule has 2 N–H and O–H groups in total. The number of rotatable bonds is 4. The molecule has 0 heterocycles. The molecule has 0 fully saturated rings. The highest BCUT2D eigenvalue weighted by Gasteiger charge is 2.11. The summed E-state index contributed by atoms with van der Waals surface area (Å²) >= 11 is 3.36. The molecule has 0 aliphatic rings. The van der Waals surface area contributed by atoms with E-state index in [9.17, 15) is 9.18 Å². The minimum absolute atomic E-state index is 0.0834. The van der Waals surface area contributed by atoms with Crippen LogP contribution in [0.3, 0.4) is 0 Å². The molecule has 0 aliphatic heterocycles. The van der Waals surface area contributed by atoms with Gasteiger partial charge in [0.1, 0.15) is 11.6 Å². The number of phenolic OH excluding ortho intramolecular Hbond substituents is 1. The molecule has 0 atom stereocenters. The van der Waals surface area contributed by atoms with Gasteiger partial charge in [-0.2, -0.15) is 0 Å². The van der Waals surface area contributed by atoms with E-state index in [1.165, 1.54) is 12.1 Å². The van der Waals surface area contributed by atoms with Crippen molar-refractivity contribution in [2.45, 2.75) is 11.9 Å². The molecule has 0 aromatic heterocycles. The third-order valence-electron chi connectivity index (χ3n) is 2.83. The topological polar surface area (TPSA) is 49.3 Å². The predicted molar refractivity (Wildman–Crippen MR) is 78.3 cm³/mol. The molecule has 0 radical (unpaired) electrons. The Bertz CT molecular complexity index is 614. The SMILES string of the molecule is O=C(NCc1ccc(CBr)cc1)c1ccc(O)cc1F. The third kappa shape index (κ3) is 3.57. The zero-order valence-corrected chi connectivity index (χ0v) is 12.2. The molecule has 0 saturated carbocycles. The number of benzene rings is 2. The Morgan fingerprint density at radius 1 is 1.15 bits per heavy atom. The second kappa shape index (κ2) is 6.52. The summed E-state index contributed by atoms with van der Waals surface area (Å²) in [5.74, 6) is -1.45.